The van der Waals surface area contributed by atoms with Crippen LogP contribution in [-0.4, -0.2) is 67.7 Å². The van der Waals surface area contributed by atoms with Crippen molar-refractivity contribution in [1.82, 2.24) is 9.80 Å². The third kappa shape index (κ3) is 4.60. The first-order chi connectivity index (χ1) is 12.0. The van der Waals surface area contributed by atoms with Crippen LogP contribution in [-0.2, 0) is 14.3 Å². The molecule has 0 spiro atoms. The quantitative estimate of drug-likeness (QED) is 0.839. The molecule has 3 rings (SSSR count). The molecule has 0 radical (unpaired) electrons. The van der Waals surface area contributed by atoms with Crippen LogP contribution < -0.4 is 0 Å². The largest absolute Gasteiger partial charge is 0.378 e. The molecule has 5 nitrogen and oxygen atoms in total. The fourth-order valence-corrected chi connectivity index (χ4v) is 3.62. The highest BCUT2D eigenvalue weighted by Gasteiger charge is 2.28. The Bertz CT molecular complexity index is 599. The number of aryl methyl sites for hydroxylation is 2. The van der Waals surface area contributed by atoms with Gasteiger partial charge in [0.15, 0.2) is 0 Å². The summed E-state index contributed by atoms with van der Waals surface area (Å²) in [6.45, 7) is 11.6. The molecule has 0 aliphatic carbocycles. The van der Waals surface area contributed by atoms with Crippen molar-refractivity contribution in [3.8, 4) is 0 Å². The van der Waals surface area contributed by atoms with E-state index < -0.39 is 0 Å². The van der Waals surface area contributed by atoms with Crippen LogP contribution in [0.2, 0.25) is 0 Å². The van der Waals surface area contributed by atoms with Crippen molar-refractivity contribution >= 4 is 5.91 Å². The highest BCUT2D eigenvalue weighted by molar-refractivity contribution is 5.76. The molecule has 2 heterocycles. The monoisotopic (exact) mass is 346 g/mol. The van der Waals surface area contributed by atoms with Crippen LogP contribution in [0.1, 0.15) is 36.1 Å². The van der Waals surface area contributed by atoms with Crippen LogP contribution in [0.4, 0.5) is 0 Å². The lowest BCUT2D eigenvalue weighted by Crippen LogP contribution is -2.47. The van der Waals surface area contributed by atoms with Gasteiger partial charge in [0.05, 0.1) is 25.9 Å². The Morgan fingerprint density at radius 1 is 1.24 bits per heavy atom. The minimum atomic E-state index is 0.0922. The van der Waals surface area contributed by atoms with Gasteiger partial charge >= 0.3 is 0 Å². The zero-order valence-corrected chi connectivity index (χ0v) is 15.7. The molecule has 25 heavy (non-hydrogen) atoms. The number of benzene rings is 1. The van der Waals surface area contributed by atoms with Crippen molar-refractivity contribution in [1.29, 1.82) is 0 Å². The number of carbonyl (C=O) groups is 1. The van der Waals surface area contributed by atoms with Crippen molar-refractivity contribution in [3.63, 3.8) is 0 Å². The molecular formula is C20H30N2O3. The smallest absolute Gasteiger partial charge is 0.224 e. The van der Waals surface area contributed by atoms with Crippen LogP contribution >= 0.6 is 0 Å². The Hall–Kier alpha value is -1.43. The Balaban J connectivity index is 1.59. The number of ether oxygens (including phenoxy) is 2. The van der Waals surface area contributed by atoms with Crippen molar-refractivity contribution in [2.75, 3.05) is 46.0 Å². The van der Waals surface area contributed by atoms with Gasteiger partial charge in [-0.3, -0.25) is 9.69 Å². The van der Waals surface area contributed by atoms with Crippen LogP contribution in [0.3, 0.4) is 0 Å². The van der Waals surface area contributed by atoms with Crippen molar-refractivity contribution in [2.45, 2.75) is 39.3 Å². The normalized spacial score (nSPS) is 25.2. The van der Waals surface area contributed by atoms with Gasteiger partial charge in [-0.15, -0.1) is 0 Å². The van der Waals surface area contributed by atoms with E-state index in [9.17, 15) is 4.79 Å². The lowest BCUT2D eigenvalue weighted by Gasteiger charge is -2.39. The summed E-state index contributed by atoms with van der Waals surface area (Å²) < 4.78 is 11.4. The maximum absolute atomic E-state index is 12.4. The van der Waals surface area contributed by atoms with Crippen LogP contribution in [0, 0.1) is 13.8 Å². The van der Waals surface area contributed by atoms with Gasteiger partial charge < -0.3 is 14.4 Å². The van der Waals surface area contributed by atoms with E-state index in [2.05, 4.69) is 43.9 Å². The van der Waals surface area contributed by atoms with Crippen molar-refractivity contribution in [3.05, 3.63) is 34.9 Å². The van der Waals surface area contributed by atoms with Crippen LogP contribution in [0.5, 0.6) is 0 Å². The van der Waals surface area contributed by atoms with E-state index in [0.29, 0.717) is 32.3 Å². The molecular weight excluding hydrogens is 316 g/mol. The van der Waals surface area contributed by atoms with Crippen molar-refractivity contribution in [2.24, 2.45) is 0 Å². The summed E-state index contributed by atoms with van der Waals surface area (Å²) in [6, 6.07) is 6.88. The summed E-state index contributed by atoms with van der Waals surface area (Å²) in [7, 11) is 0. The molecule has 2 atom stereocenters. The van der Waals surface area contributed by atoms with E-state index in [1.54, 1.807) is 0 Å². The van der Waals surface area contributed by atoms with E-state index in [1.165, 1.54) is 16.7 Å². The molecule has 0 bridgehead atoms. The first-order valence-corrected chi connectivity index (χ1v) is 9.33. The maximum Gasteiger partial charge on any atom is 0.224 e. The van der Waals surface area contributed by atoms with Gasteiger partial charge in [-0.2, -0.15) is 0 Å². The Morgan fingerprint density at radius 2 is 2.00 bits per heavy atom. The molecule has 2 saturated heterocycles. The van der Waals surface area contributed by atoms with Gasteiger partial charge in [-0.05, 0) is 31.9 Å². The number of carbonyl (C=O) groups excluding carboxylic acids is 1. The molecule has 1 aromatic rings. The maximum atomic E-state index is 12.4. The van der Waals surface area contributed by atoms with Gasteiger partial charge in [-0.25, -0.2) is 0 Å². The molecule has 138 valence electrons. The lowest BCUT2D eigenvalue weighted by atomic mass is 9.98. The molecule has 0 aromatic heterocycles. The fraction of sp³-hybridized carbons (Fsp3) is 0.650. The van der Waals surface area contributed by atoms with E-state index in [4.69, 9.17) is 9.47 Å². The molecule has 2 fully saturated rings. The second-order valence-corrected chi connectivity index (χ2v) is 7.27. The number of morpholine rings is 2. The van der Waals surface area contributed by atoms with E-state index in [1.807, 2.05) is 4.90 Å². The zero-order valence-electron chi connectivity index (χ0n) is 15.7. The summed E-state index contributed by atoms with van der Waals surface area (Å²) in [5.41, 5.74) is 3.81. The van der Waals surface area contributed by atoms with Crippen LogP contribution in [0.25, 0.3) is 0 Å². The zero-order chi connectivity index (χ0) is 17.8. The molecule has 5 heteroatoms. The summed E-state index contributed by atoms with van der Waals surface area (Å²) in [6.07, 6.45) is 0.665. The Morgan fingerprint density at radius 3 is 2.76 bits per heavy atom. The molecule has 1 amide bonds. The number of hydrogen-bond donors (Lipinski definition) is 0. The Kier molecular flexibility index (Phi) is 6.10. The predicted octanol–water partition coefficient (Wildman–Crippen LogP) is 2.31. The second-order valence-electron chi connectivity index (χ2n) is 7.27. The molecule has 2 aliphatic rings. The lowest BCUT2D eigenvalue weighted by molar-refractivity contribution is -0.136. The van der Waals surface area contributed by atoms with E-state index >= 15 is 0 Å². The molecule has 0 N–H and O–H groups in total. The first kappa shape index (κ1) is 18.4. The fourth-order valence-electron chi connectivity index (χ4n) is 3.62. The molecule has 0 saturated carbocycles. The number of rotatable bonds is 4. The van der Waals surface area contributed by atoms with E-state index in [-0.39, 0.29) is 12.0 Å². The highest BCUT2D eigenvalue weighted by atomic mass is 16.5. The number of amides is 1. The number of hydrogen-bond acceptors (Lipinski definition) is 4. The molecule has 2 aliphatic heterocycles. The standard InChI is InChI=1S/C20H30N2O3/c1-15-4-5-16(2)18(12-15)19-13-22(17(3)14-25-19)7-6-20(23)21-8-10-24-11-9-21/h4-5,12,17,19H,6-11,13-14H2,1-3H3/t17-,19+/m0/s1. The second kappa shape index (κ2) is 8.30. The topological polar surface area (TPSA) is 42.0 Å². The van der Waals surface area contributed by atoms with Crippen LogP contribution in [0.15, 0.2) is 18.2 Å². The Labute approximate surface area is 150 Å². The minimum absolute atomic E-state index is 0.0922. The minimum Gasteiger partial charge on any atom is -0.378 e. The molecule has 0 unspecified atom stereocenters. The van der Waals surface area contributed by atoms with Gasteiger partial charge in [0.1, 0.15) is 0 Å². The summed E-state index contributed by atoms with van der Waals surface area (Å²) in [4.78, 5) is 16.7. The third-order valence-electron chi connectivity index (χ3n) is 5.32. The average Bonchev–Trinajstić information content (AvgIpc) is 2.63. The highest BCUT2D eigenvalue weighted by Crippen LogP contribution is 2.28. The third-order valence-corrected chi connectivity index (χ3v) is 5.32. The SMILES string of the molecule is Cc1ccc(C)c([C@H]2CN(CCC(=O)N3CCOCC3)[C@@H](C)CO2)c1. The molecule has 1 aromatic carbocycles. The summed E-state index contributed by atoms with van der Waals surface area (Å²) in [5, 5.41) is 0. The first-order valence-electron chi connectivity index (χ1n) is 9.33. The average molecular weight is 346 g/mol. The van der Waals surface area contributed by atoms with Gasteiger partial charge in [0.25, 0.3) is 0 Å². The predicted molar refractivity (Wildman–Crippen MR) is 97.7 cm³/mol. The van der Waals surface area contributed by atoms with Gasteiger partial charge in [0, 0.05) is 38.6 Å². The van der Waals surface area contributed by atoms with E-state index in [0.717, 1.165) is 26.2 Å². The van der Waals surface area contributed by atoms with Gasteiger partial charge in [-0.1, -0.05) is 23.8 Å². The summed E-state index contributed by atoms with van der Waals surface area (Å²) in [5.74, 6) is 0.241. The van der Waals surface area contributed by atoms with Crippen molar-refractivity contribution < 1.29 is 14.3 Å². The number of nitrogens with zero attached hydrogens (tertiary/aromatic N) is 2. The summed E-state index contributed by atoms with van der Waals surface area (Å²) >= 11 is 0. The van der Waals surface area contributed by atoms with Gasteiger partial charge in [0.2, 0.25) is 5.91 Å².